The molecule has 0 aromatic rings. The average molecular weight is 228 g/mol. The fourth-order valence-corrected chi connectivity index (χ4v) is 2.15. The Hall–Kier alpha value is -1.14. The molecule has 2 saturated heterocycles. The number of β-amino-alcohol motifs (C(OH)–C–C–N with tert-alkyl or cyclic N) is 1. The zero-order chi connectivity index (χ0) is 11.7. The van der Waals surface area contributed by atoms with Gasteiger partial charge in [-0.3, -0.25) is 14.5 Å². The molecule has 2 aliphatic heterocycles. The Morgan fingerprint density at radius 3 is 2.50 bits per heavy atom. The van der Waals surface area contributed by atoms with Gasteiger partial charge in [0.15, 0.2) is 0 Å². The third kappa shape index (κ3) is 2.17. The van der Waals surface area contributed by atoms with Gasteiger partial charge in [0.25, 0.3) is 0 Å². The molecule has 2 atom stereocenters. The van der Waals surface area contributed by atoms with Crippen molar-refractivity contribution in [2.24, 2.45) is 0 Å². The van der Waals surface area contributed by atoms with E-state index >= 15 is 0 Å². The summed E-state index contributed by atoms with van der Waals surface area (Å²) in [4.78, 5) is 25.8. The number of carboxylic acid groups (broad SMARTS) is 1. The van der Waals surface area contributed by atoms with Crippen LogP contribution >= 0.6 is 0 Å². The number of carboxylic acids is 1. The van der Waals surface area contributed by atoms with Crippen LogP contribution in [0.1, 0.15) is 12.8 Å². The second kappa shape index (κ2) is 4.39. The van der Waals surface area contributed by atoms with E-state index in [1.807, 2.05) is 0 Å². The van der Waals surface area contributed by atoms with Crippen LogP contribution < -0.4 is 0 Å². The van der Waals surface area contributed by atoms with Gasteiger partial charge in [-0.1, -0.05) is 0 Å². The van der Waals surface area contributed by atoms with E-state index in [9.17, 15) is 14.7 Å². The number of aliphatic carboxylic acids is 1. The molecule has 0 spiro atoms. The summed E-state index contributed by atoms with van der Waals surface area (Å²) in [5.41, 5.74) is 0. The van der Waals surface area contributed by atoms with E-state index in [4.69, 9.17) is 5.11 Å². The van der Waals surface area contributed by atoms with Crippen molar-refractivity contribution < 1.29 is 19.8 Å². The normalized spacial score (nSPS) is 30.2. The van der Waals surface area contributed by atoms with Gasteiger partial charge in [0.05, 0.1) is 12.6 Å². The molecule has 2 heterocycles. The second-order valence-corrected chi connectivity index (χ2v) is 4.41. The van der Waals surface area contributed by atoms with Gasteiger partial charge in [-0.15, -0.1) is 0 Å². The first-order valence-electron chi connectivity index (χ1n) is 5.50. The van der Waals surface area contributed by atoms with Crippen LogP contribution in [0.3, 0.4) is 0 Å². The van der Waals surface area contributed by atoms with E-state index in [2.05, 4.69) is 0 Å². The number of nitrogens with zero attached hydrogens (tertiary/aromatic N) is 2. The highest BCUT2D eigenvalue weighted by molar-refractivity contribution is 5.80. The molecule has 6 nitrogen and oxygen atoms in total. The number of hydrogen-bond donors (Lipinski definition) is 2. The fraction of sp³-hybridized carbons (Fsp3) is 0.800. The molecule has 90 valence electrons. The lowest BCUT2D eigenvalue weighted by Gasteiger charge is -2.33. The predicted molar refractivity (Wildman–Crippen MR) is 54.8 cm³/mol. The molecule has 2 N–H and O–H groups in total. The first-order chi connectivity index (χ1) is 7.58. The van der Waals surface area contributed by atoms with Gasteiger partial charge in [-0.05, 0) is 6.42 Å². The van der Waals surface area contributed by atoms with Crippen molar-refractivity contribution in [2.75, 3.05) is 26.2 Å². The minimum atomic E-state index is -0.965. The molecule has 0 aromatic heterocycles. The Morgan fingerprint density at radius 1 is 1.31 bits per heavy atom. The summed E-state index contributed by atoms with van der Waals surface area (Å²) in [6, 6.07) is -0.722. The summed E-state index contributed by atoms with van der Waals surface area (Å²) in [6.07, 6.45) is 0.601. The highest BCUT2D eigenvalue weighted by Gasteiger charge is 2.37. The molecule has 2 rings (SSSR count). The van der Waals surface area contributed by atoms with E-state index in [1.54, 1.807) is 9.80 Å². The van der Waals surface area contributed by atoms with Crippen LogP contribution in [0, 0.1) is 0 Å². The molecule has 1 amide bonds. The van der Waals surface area contributed by atoms with E-state index < -0.39 is 18.1 Å². The van der Waals surface area contributed by atoms with Crippen LogP contribution in [0.5, 0.6) is 0 Å². The zero-order valence-electron chi connectivity index (χ0n) is 9.00. The number of aliphatic hydroxyl groups is 1. The highest BCUT2D eigenvalue weighted by Crippen LogP contribution is 2.18. The Labute approximate surface area is 93.4 Å². The van der Waals surface area contributed by atoms with Crippen LogP contribution in [-0.4, -0.2) is 70.2 Å². The Bertz CT molecular complexity index is 303. The van der Waals surface area contributed by atoms with Crippen molar-refractivity contribution in [3.05, 3.63) is 0 Å². The maximum absolute atomic E-state index is 11.7. The van der Waals surface area contributed by atoms with Gasteiger partial charge in [-0.25, -0.2) is 0 Å². The Morgan fingerprint density at radius 2 is 2.00 bits per heavy atom. The quantitative estimate of drug-likeness (QED) is 0.630. The van der Waals surface area contributed by atoms with Gasteiger partial charge in [0, 0.05) is 26.1 Å². The first kappa shape index (κ1) is 11.3. The Kier molecular flexibility index (Phi) is 3.11. The average Bonchev–Trinajstić information content (AvgIpc) is 2.43. The van der Waals surface area contributed by atoms with Gasteiger partial charge >= 0.3 is 5.97 Å². The zero-order valence-corrected chi connectivity index (χ0v) is 9.00. The summed E-state index contributed by atoms with van der Waals surface area (Å²) < 4.78 is 0. The predicted octanol–water partition coefficient (Wildman–Crippen LogP) is -1.26. The smallest absolute Gasteiger partial charge is 0.321 e. The summed E-state index contributed by atoms with van der Waals surface area (Å²) in [7, 11) is 0. The maximum atomic E-state index is 11.7. The van der Waals surface area contributed by atoms with Crippen LogP contribution in [0.4, 0.5) is 0 Å². The summed E-state index contributed by atoms with van der Waals surface area (Å²) in [5.74, 6) is -1.00. The van der Waals surface area contributed by atoms with E-state index in [0.29, 0.717) is 0 Å². The molecule has 2 aliphatic rings. The van der Waals surface area contributed by atoms with Crippen molar-refractivity contribution in [3.8, 4) is 0 Å². The summed E-state index contributed by atoms with van der Waals surface area (Å²) in [5, 5.41) is 18.4. The van der Waals surface area contributed by atoms with Crippen molar-refractivity contribution in [1.82, 2.24) is 9.80 Å². The van der Waals surface area contributed by atoms with Gasteiger partial charge in [0.1, 0.15) is 6.04 Å². The SMILES string of the molecule is O=C(O)C1CC(O)CN1CC(=O)N1CCC1. The molecule has 2 unspecified atom stereocenters. The minimum absolute atomic E-state index is 0.0356. The third-order valence-corrected chi connectivity index (χ3v) is 3.21. The first-order valence-corrected chi connectivity index (χ1v) is 5.50. The van der Waals surface area contributed by atoms with Crippen LogP contribution in [0.2, 0.25) is 0 Å². The lowest BCUT2D eigenvalue weighted by molar-refractivity contribution is -0.144. The van der Waals surface area contributed by atoms with Gasteiger partial charge in [0.2, 0.25) is 5.91 Å². The fourth-order valence-electron chi connectivity index (χ4n) is 2.15. The summed E-state index contributed by atoms with van der Waals surface area (Å²) >= 11 is 0. The van der Waals surface area contributed by atoms with E-state index in [0.717, 1.165) is 19.5 Å². The van der Waals surface area contributed by atoms with Crippen LogP contribution in [-0.2, 0) is 9.59 Å². The Balaban J connectivity index is 1.91. The van der Waals surface area contributed by atoms with Crippen LogP contribution in [0.15, 0.2) is 0 Å². The number of aliphatic hydroxyl groups excluding tert-OH is 1. The molecule has 0 saturated carbocycles. The third-order valence-electron chi connectivity index (χ3n) is 3.21. The molecule has 2 fully saturated rings. The molecule has 0 aromatic carbocycles. The standard InChI is InChI=1S/C10H16N2O4/c13-7-4-8(10(15)16)12(5-7)6-9(14)11-2-1-3-11/h7-8,13H,1-6H2,(H,15,16). The van der Waals surface area contributed by atoms with Crippen LogP contribution in [0.25, 0.3) is 0 Å². The highest BCUT2D eigenvalue weighted by atomic mass is 16.4. The topological polar surface area (TPSA) is 81.1 Å². The molecule has 0 aliphatic carbocycles. The number of carbonyl (C=O) groups excluding carboxylic acids is 1. The minimum Gasteiger partial charge on any atom is -0.480 e. The molecule has 16 heavy (non-hydrogen) atoms. The number of rotatable bonds is 3. The second-order valence-electron chi connectivity index (χ2n) is 4.41. The van der Waals surface area contributed by atoms with Gasteiger partial charge < -0.3 is 15.1 Å². The largest absolute Gasteiger partial charge is 0.480 e. The van der Waals surface area contributed by atoms with Crippen molar-refractivity contribution in [3.63, 3.8) is 0 Å². The monoisotopic (exact) mass is 228 g/mol. The molecular weight excluding hydrogens is 212 g/mol. The van der Waals surface area contributed by atoms with E-state index in [-0.39, 0.29) is 25.4 Å². The van der Waals surface area contributed by atoms with Gasteiger partial charge in [-0.2, -0.15) is 0 Å². The van der Waals surface area contributed by atoms with E-state index in [1.165, 1.54) is 0 Å². The molecule has 0 bridgehead atoms. The molecule has 6 heteroatoms. The molecule has 0 radical (unpaired) electrons. The van der Waals surface area contributed by atoms with Crippen molar-refractivity contribution in [2.45, 2.75) is 25.0 Å². The number of hydrogen-bond acceptors (Lipinski definition) is 4. The lowest BCUT2D eigenvalue weighted by atomic mass is 10.2. The number of likely N-dealkylation sites (tertiary alicyclic amines) is 2. The van der Waals surface area contributed by atoms with Crippen molar-refractivity contribution in [1.29, 1.82) is 0 Å². The number of amides is 1. The summed E-state index contributed by atoms with van der Waals surface area (Å²) in [6.45, 7) is 1.92. The number of carbonyl (C=O) groups is 2. The maximum Gasteiger partial charge on any atom is 0.321 e. The van der Waals surface area contributed by atoms with Crippen molar-refractivity contribution >= 4 is 11.9 Å². The lowest BCUT2D eigenvalue weighted by Crippen LogP contribution is -2.49. The molecular formula is C10H16N2O4.